The van der Waals surface area contributed by atoms with E-state index in [1.807, 2.05) is 18.2 Å². The predicted molar refractivity (Wildman–Crippen MR) is 73.9 cm³/mol. The van der Waals surface area contributed by atoms with Gasteiger partial charge in [-0.25, -0.2) is 4.39 Å². The van der Waals surface area contributed by atoms with Crippen LogP contribution in [-0.4, -0.2) is 10.9 Å². The van der Waals surface area contributed by atoms with Crippen molar-refractivity contribution in [2.45, 2.75) is 13.0 Å². The van der Waals surface area contributed by atoms with E-state index in [0.29, 0.717) is 12.1 Å². The minimum Gasteiger partial charge on any atom is -0.350 e. The average Bonchev–Trinajstić information content (AvgIpc) is 2.42. The molecule has 0 aliphatic carbocycles. The number of hydrogen-bond donors (Lipinski definition) is 1. The van der Waals surface area contributed by atoms with Crippen molar-refractivity contribution in [3.8, 4) is 0 Å². The van der Waals surface area contributed by atoms with Crippen LogP contribution >= 0.6 is 15.9 Å². The van der Waals surface area contributed by atoms with Crippen molar-refractivity contribution in [2.75, 3.05) is 0 Å². The fourth-order valence-electron chi connectivity index (χ4n) is 1.61. The van der Waals surface area contributed by atoms with Gasteiger partial charge in [-0.3, -0.25) is 9.78 Å². The van der Waals surface area contributed by atoms with Gasteiger partial charge in [0, 0.05) is 10.7 Å². The fraction of sp³-hybridized carbons (Fsp3) is 0.143. The summed E-state index contributed by atoms with van der Waals surface area (Å²) in [5, 5.41) is 2.71. The van der Waals surface area contributed by atoms with Crippen LogP contribution in [0.5, 0.6) is 0 Å². The Balaban J connectivity index is 1.93. The van der Waals surface area contributed by atoms with Crippen LogP contribution in [0.2, 0.25) is 0 Å². The van der Waals surface area contributed by atoms with Gasteiger partial charge in [-0.1, -0.05) is 22.0 Å². The monoisotopic (exact) mass is 322 g/mol. The SMILES string of the molecule is O=C(Cc1cc(Br)ccc1F)NCc1ccccn1. The molecule has 0 spiro atoms. The van der Waals surface area contributed by atoms with Crippen LogP contribution < -0.4 is 5.32 Å². The zero-order valence-electron chi connectivity index (χ0n) is 10.1. The van der Waals surface area contributed by atoms with Gasteiger partial charge < -0.3 is 5.32 Å². The summed E-state index contributed by atoms with van der Waals surface area (Å²) in [6, 6.07) is 10.0. The third-order valence-corrected chi connectivity index (χ3v) is 3.04. The maximum Gasteiger partial charge on any atom is 0.224 e. The largest absolute Gasteiger partial charge is 0.350 e. The fourth-order valence-corrected chi connectivity index (χ4v) is 2.01. The topological polar surface area (TPSA) is 42.0 Å². The number of carbonyl (C=O) groups excluding carboxylic acids is 1. The summed E-state index contributed by atoms with van der Waals surface area (Å²) in [5.41, 5.74) is 1.14. The maximum absolute atomic E-state index is 13.5. The second kappa shape index (κ2) is 6.43. The molecule has 1 N–H and O–H groups in total. The van der Waals surface area contributed by atoms with E-state index < -0.39 is 0 Å². The molecule has 98 valence electrons. The van der Waals surface area contributed by atoms with Gasteiger partial charge in [-0.2, -0.15) is 0 Å². The van der Waals surface area contributed by atoms with Gasteiger partial charge in [0.25, 0.3) is 0 Å². The van der Waals surface area contributed by atoms with Gasteiger partial charge in [0.1, 0.15) is 5.82 Å². The highest BCUT2D eigenvalue weighted by molar-refractivity contribution is 9.10. The molecule has 2 rings (SSSR count). The Hall–Kier alpha value is -1.75. The number of nitrogens with zero attached hydrogens (tertiary/aromatic N) is 1. The Kier molecular flexibility index (Phi) is 4.63. The molecule has 19 heavy (non-hydrogen) atoms. The number of amides is 1. The molecule has 1 heterocycles. The molecule has 0 saturated heterocycles. The number of hydrogen-bond acceptors (Lipinski definition) is 2. The predicted octanol–water partition coefficient (Wildman–Crippen LogP) is 2.84. The second-order valence-electron chi connectivity index (χ2n) is 4.01. The van der Waals surface area contributed by atoms with Gasteiger partial charge in [-0.15, -0.1) is 0 Å². The third-order valence-electron chi connectivity index (χ3n) is 2.55. The molecule has 1 aromatic heterocycles. The molecule has 0 unspecified atom stereocenters. The van der Waals surface area contributed by atoms with Crippen LogP contribution in [-0.2, 0) is 17.8 Å². The van der Waals surface area contributed by atoms with E-state index in [1.54, 1.807) is 18.3 Å². The van der Waals surface area contributed by atoms with Crippen LogP contribution in [0.1, 0.15) is 11.3 Å². The number of benzene rings is 1. The highest BCUT2D eigenvalue weighted by Crippen LogP contribution is 2.15. The van der Waals surface area contributed by atoms with Crippen LogP contribution in [0.3, 0.4) is 0 Å². The van der Waals surface area contributed by atoms with Crippen molar-refractivity contribution in [1.82, 2.24) is 10.3 Å². The van der Waals surface area contributed by atoms with Crippen LogP contribution in [0.15, 0.2) is 47.1 Å². The minimum absolute atomic E-state index is 0.0120. The highest BCUT2D eigenvalue weighted by atomic mass is 79.9. The highest BCUT2D eigenvalue weighted by Gasteiger charge is 2.08. The second-order valence-corrected chi connectivity index (χ2v) is 4.93. The Labute approximate surface area is 119 Å². The molecule has 0 fully saturated rings. The molecule has 1 aromatic carbocycles. The lowest BCUT2D eigenvalue weighted by Crippen LogP contribution is -2.25. The van der Waals surface area contributed by atoms with E-state index in [2.05, 4.69) is 26.2 Å². The lowest BCUT2D eigenvalue weighted by molar-refractivity contribution is -0.120. The lowest BCUT2D eigenvalue weighted by Gasteiger charge is -2.06. The van der Waals surface area contributed by atoms with Gasteiger partial charge in [0.05, 0.1) is 18.7 Å². The van der Waals surface area contributed by atoms with E-state index in [0.717, 1.165) is 10.2 Å². The molecule has 3 nitrogen and oxygen atoms in total. The molecular formula is C14H12BrFN2O. The van der Waals surface area contributed by atoms with E-state index in [4.69, 9.17) is 0 Å². The number of carbonyl (C=O) groups is 1. The average molecular weight is 323 g/mol. The number of nitrogens with one attached hydrogen (secondary N) is 1. The summed E-state index contributed by atoms with van der Waals surface area (Å²) in [6.07, 6.45) is 1.67. The van der Waals surface area contributed by atoms with Gasteiger partial charge in [0.15, 0.2) is 0 Å². The molecule has 0 atom stereocenters. The van der Waals surface area contributed by atoms with E-state index in [9.17, 15) is 9.18 Å². The van der Waals surface area contributed by atoms with Gasteiger partial charge in [0.2, 0.25) is 5.91 Å². The Morgan fingerprint density at radius 2 is 2.16 bits per heavy atom. The number of aromatic nitrogens is 1. The summed E-state index contributed by atoms with van der Waals surface area (Å²) >= 11 is 3.25. The first kappa shape index (κ1) is 13.7. The summed E-state index contributed by atoms with van der Waals surface area (Å²) in [7, 11) is 0. The third kappa shape index (κ3) is 4.13. The van der Waals surface area contributed by atoms with Crippen molar-refractivity contribution in [3.05, 3.63) is 64.1 Å². The molecule has 0 aliphatic rings. The molecule has 0 radical (unpaired) electrons. The van der Waals surface area contributed by atoms with Crippen molar-refractivity contribution < 1.29 is 9.18 Å². The molecule has 1 amide bonds. The molecule has 0 saturated carbocycles. The summed E-state index contributed by atoms with van der Waals surface area (Å²) in [4.78, 5) is 15.8. The Morgan fingerprint density at radius 1 is 1.32 bits per heavy atom. The molecular weight excluding hydrogens is 311 g/mol. The summed E-state index contributed by atoms with van der Waals surface area (Å²) < 4.78 is 14.2. The maximum atomic E-state index is 13.5. The first-order chi connectivity index (χ1) is 9.15. The molecule has 2 aromatic rings. The summed E-state index contributed by atoms with van der Waals surface area (Å²) in [6.45, 7) is 0.343. The smallest absolute Gasteiger partial charge is 0.224 e. The molecule has 0 aliphatic heterocycles. The number of halogens is 2. The van der Waals surface area contributed by atoms with Crippen LogP contribution in [0.25, 0.3) is 0 Å². The van der Waals surface area contributed by atoms with Crippen LogP contribution in [0.4, 0.5) is 4.39 Å². The number of pyridine rings is 1. The van der Waals surface area contributed by atoms with Crippen molar-refractivity contribution in [3.63, 3.8) is 0 Å². The van der Waals surface area contributed by atoms with Crippen molar-refractivity contribution >= 4 is 21.8 Å². The van der Waals surface area contributed by atoms with E-state index >= 15 is 0 Å². The van der Waals surface area contributed by atoms with Crippen LogP contribution in [0, 0.1) is 5.82 Å². The van der Waals surface area contributed by atoms with E-state index in [-0.39, 0.29) is 18.1 Å². The standard InChI is InChI=1S/C14H12BrFN2O/c15-11-4-5-13(16)10(7-11)8-14(19)18-9-12-3-1-2-6-17-12/h1-7H,8-9H2,(H,18,19). The zero-order valence-corrected chi connectivity index (χ0v) is 11.7. The minimum atomic E-state index is -0.379. The molecule has 5 heteroatoms. The van der Waals surface area contributed by atoms with Gasteiger partial charge >= 0.3 is 0 Å². The first-order valence-electron chi connectivity index (χ1n) is 5.75. The Bertz CT molecular complexity index is 575. The van der Waals surface area contributed by atoms with E-state index in [1.165, 1.54) is 6.07 Å². The molecule has 0 bridgehead atoms. The van der Waals surface area contributed by atoms with Crippen molar-refractivity contribution in [1.29, 1.82) is 0 Å². The van der Waals surface area contributed by atoms with Crippen molar-refractivity contribution in [2.24, 2.45) is 0 Å². The Morgan fingerprint density at radius 3 is 2.89 bits per heavy atom. The quantitative estimate of drug-likeness (QED) is 0.940. The lowest BCUT2D eigenvalue weighted by atomic mass is 10.1. The zero-order chi connectivity index (χ0) is 13.7. The number of rotatable bonds is 4. The first-order valence-corrected chi connectivity index (χ1v) is 6.55. The van der Waals surface area contributed by atoms with Gasteiger partial charge in [-0.05, 0) is 35.9 Å². The summed E-state index contributed by atoms with van der Waals surface area (Å²) in [5.74, 6) is -0.612. The normalized spacial score (nSPS) is 10.2.